The highest BCUT2D eigenvalue weighted by Gasteiger charge is 2.12. The van der Waals surface area contributed by atoms with E-state index in [9.17, 15) is 13.9 Å². The van der Waals surface area contributed by atoms with E-state index in [1.807, 2.05) is 38.1 Å². The Morgan fingerprint density at radius 3 is 2.26 bits per heavy atom. The summed E-state index contributed by atoms with van der Waals surface area (Å²) < 4.78 is 28.6. The Bertz CT molecular complexity index is 617. The normalized spacial score (nSPS) is 13.8. The molecule has 5 heteroatoms. The van der Waals surface area contributed by atoms with Gasteiger partial charge in [0.25, 0.3) is 0 Å². The molecule has 2 aromatic rings. The molecular formula is C18H21F2NO2. The molecule has 0 radical (unpaired) electrons. The molecule has 0 bridgehead atoms. The Kier molecular flexibility index (Phi) is 6.07. The number of aliphatic hydroxyl groups is 1. The van der Waals surface area contributed by atoms with Crippen LogP contribution in [0.15, 0.2) is 48.5 Å². The van der Waals surface area contributed by atoms with Crippen molar-refractivity contribution in [1.29, 1.82) is 0 Å². The molecule has 2 unspecified atom stereocenters. The molecule has 2 rings (SSSR count). The fourth-order valence-electron chi connectivity index (χ4n) is 2.47. The van der Waals surface area contributed by atoms with Crippen LogP contribution in [0, 0.1) is 0 Å². The van der Waals surface area contributed by atoms with Crippen LogP contribution in [0.5, 0.6) is 5.75 Å². The van der Waals surface area contributed by atoms with Gasteiger partial charge < -0.3 is 15.2 Å². The summed E-state index contributed by atoms with van der Waals surface area (Å²) in [5, 5.41) is 12.7. The fraction of sp³-hybridized carbons (Fsp3) is 0.333. The van der Waals surface area contributed by atoms with E-state index >= 15 is 0 Å². The average Bonchev–Trinajstić information content (AvgIpc) is 2.55. The van der Waals surface area contributed by atoms with Crippen LogP contribution in [0.4, 0.5) is 8.78 Å². The lowest BCUT2D eigenvalue weighted by atomic mass is 10.0. The van der Waals surface area contributed by atoms with Gasteiger partial charge in [-0.25, -0.2) is 0 Å². The molecule has 0 amide bonds. The Balaban J connectivity index is 2.01. The third kappa shape index (κ3) is 5.01. The number of aliphatic hydroxyl groups excluding tert-OH is 1. The third-order valence-corrected chi connectivity index (χ3v) is 3.74. The first-order chi connectivity index (χ1) is 11.0. The molecular weight excluding hydrogens is 300 g/mol. The van der Waals surface area contributed by atoms with Crippen molar-refractivity contribution in [3.63, 3.8) is 0 Å². The zero-order chi connectivity index (χ0) is 16.8. The average molecular weight is 321 g/mol. The van der Waals surface area contributed by atoms with Gasteiger partial charge in [-0.15, -0.1) is 0 Å². The molecule has 0 saturated carbocycles. The SMILES string of the molecule is CC(NC(C)c1cccc(CO)c1)c1ccc(OC(F)F)cc1. The van der Waals surface area contributed by atoms with E-state index in [-0.39, 0.29) is 24.4 Å². The minimum absolute atomic E-state index is 0.0156. The number of benzene rings is 2. The fourth-order valence-corrected chi connectivity index (χ4v) is 2.47. The van der Waals surface area contributed by atoms with E-state index in [0.717, 1.165) is 16.7 Å². The summed E-state index contributed by atoms with van der Waals surface area (Å²) >= 11 is 0. The van der Waals surface area contributed by atoms with Crippen molar-refractivity contribution in [3.8, 4) is 5.75 Å². The quantitative estimate of drug-likeness (QED) is 0.803. The first-order valence-electron chi connectivity index (χ1n) is 7.50. The predicted molar refractivity (Wildman–Crippen MR) is 85.4 cm³/mol. The molecule has 0 aliphatic heterocycles. The van der Waals surface area contributed by atoms with Gasteiger partial charge in [-0.05, 0) is 42.7 Å². The second-order valence-corrected chi connectivity index (χ2v) is 5.46. The van der Waals surface area contributed by atoms with Crippen LogP contribution in [-0.2, 0) is 6.61 Å². The zero-order valence-electron chi connectivity index (χ0n) is 13.2. The first-order valence-corrected chi connectivity index (χ1v) is 7.50. The van der Waals surface area contributed by atoms with Gasteiger partial charge in [-0.3, -0.25) is 0 Å². The lowest BCUT2D eigenvalue weighted by molar-refractivity contribution is -0.0498. The van der Waals surface area contributed by atoms with Gasteiger partial charge in [0.2, 0.25) is 0 Å². The summed E-state index contributed by atoms with van der Waals surface area (Å²) in [4.78, 5) is 0. The number of rotatable bonds is 7. The lowest BCUT2D eigenvalue weighted by Crippen LogP contribution is -2.22. The smallest absolute Gasteiger partial charge is 0.387 e. The summed E-state index contributed by atoms with van der Waals surface area (Å²) in [7, 11) is 0. The van der Waals surface area contributed by atoms with Crippen molar-refractivity contribution in [2.45, 2.75) is 39.1 Å². The molecule has 0 spiro atoms. The third-order valence-electron chi connectivity index (χ3n) is 3.74. The standard InChI is InChI=1S/C18H21F2NO2/c1-12(15-6-8-17(9-7-15)23-18(19)20)21-13(2)16-5-3-4-14(10-16)11-22/h3-10,12-13,18,21-22H,11H2,1-2H3. The molecule has 23 heavy (non-hydrogen) atoms. The van der Waals surface area contributed by atoms with Crippen molar-refractivity contribution in [2.24, 2.45) is 0 Å². The van der Waals surface area contributed by atoms with E-state index < -0.39 is 6.61 Å². The van der Waals surface area contributed by atoms with Gasteiger partial charge in [0, 0.05) is 12.1 Å². The van der Waals surface area contributed by atoms with Crippen molar-refractivity contribution < 1.29 is 18.6 Å². The Hall–Kier alpha value is -1.98. The molecule has 124 valence electrons. The Morgan fingerprint density at radius 2 is 1.65 bits per heavy atom. The van der Waals surface area contributed by atoms with Gasteiger partial charge >= 0.3 is 6.61 Å². The second kappa shape index (κ2) is 8.04. The second-order valence-electron chi connectivity index (χ2n) is 5.46. The molecule has 0 aromatic heterocycles. The topological polar surface area (TPSA) is 41.5 Å². The maximum atomic E-state index is 12.1. The van der Waals surface area contributed by atoms with Gasteiger partial charge in [-0.2, -0.15) is 8.78 Å². The van der Waals surface area contributed by atoms with Gasteiger partial charge in [0.15, 0.2) is 0 Å². The van der Waals surface area contributed by atoms with Gasteiger partial charge in [-0.1, -0.05) is 36.4 Å². The molecule has 2 aromatic carbocycles. The minimum atomic E-state index is -2.81. The van der Waals surface area contributed by atoms with Crippen LogP contribution in [0.1, 0.15) is 42.6 Å². The number of alkyl halides is 2. The number of hydrogen-bond donors (Lipinski definition) is 2. The van der Waals surface area contributed by atoms with Crippen molar-refractivity contribution in [1.82, 2.24) is 5.32 Å². The molecule has 0 heterocycles. The summed E-state index contributed by atoms with van der Waals surface area (Å²) in [6.45, 7) is 1.26. The van der Waals surface area contributed by atoms with E-state index in [4.69, 9.17) is 0 Å². The number of nitrogens with one attached hydrogen (secondary N) is 1. The first kappa shape index (κ1) is 17.4. The molecule has 0 aliphatic carbocycles. The van der Waals surface area contributed by atoms with Crippen molar-refractivity contribution in [3.05, 3.63) is 65.2 Å². The molecule has 0 aliphatic rings. The van der Waals surface area contributed by atoms with Crippen LogP contribution in [-0.4, -0.2) is 11.7 Å². The highest BCUT2D eigenvalue weighted by molar-refractivity contribution is 5.30. The predicted octanol–water partition coefficient (Wildman–Crippen LogP) is 4.19. The highest BCUT2D eigenvalue weighted by Crippen LogP contribution is 2.22. The number of hydrogen-bond acceptors (Lipinski definition) is 3. The van der Waals surface area contributed by atoms with Gasteiger partial charge in [0.05, 0.1) is 6.61 Å². The van der Waals surface area contributed by atoms with E-state index in [0.29, 0.717) is 0 Å². The zero-order valence-corrected chi connectivity index (χ0v) is 13.2. The van der Waals surface area contributed by atoms with Crippen LogP contribution >= 0.6 is 0 Å². The maximum absolute atomic E-state index is 12.1. The van der Waals surface area contributed by atoms with E-state index in [1.54, 1.807) is 12.1 Å². The van der Waals surface area contributed by atoms with Crippen molar-refractivity contribution in [2.75, 3.05) is 0 Å². The van der Waals surface area contributed by atoms with Crippen LogP contribution in [0.2, 0.25) is 0 Å². The number of ether oxygens (including phenoxy) is 1. The molecule has 0 fully saturated rings. The highest BCUT2D eigenvalue weighted by atomic mass is 19.3. The monoisotopic (exact) mass is 321 g/mol. The molecule has 0 saturated heterocycles. The Morgan fingerprint density at radius 1 is 1.00 bits per heavy atom. The minimum Gasteiger partial charge on any atom is -0.435 e. The molecule has 2 atom stereocenters. The van der Waals surface area contributed by atoms with Crippen LogP contribution < -0.4 is 10.1 Å². The summed E-state index contributed by atoms with van der Waals surface area (Å²) in [5.74, 6) is 0.152. The van der Waals surface area contributed by atoms with Crippen LogP contribution in [0.3, 0.4) is 0 Å². The van der Waals surface area contributed by atoms with Gasteiger partial charge in [0.1, 0.15) is 5.75 Å². The molecule has 3 nitrogen and oxygen atoms in total. The number of halogens is 2. The van der Waals surface area contributed by atoms with E-state index in [1.165, 1.54) is 12.1 Å². The van der Waals surface area contributed by atoms with E-state index in [2.05, 4.69) is 10.1 Å². The summed E-state index contributed by atoms with van der Waals surface area (Å²) in [6.07, 6.45) is 0. The summed E-state index contributed by atoms with van der Waals surface area (Å²) in [5.41, 5.74) is 2.94. The lowest BCUT2D eigenvalue weighted by Gasteiger charge is -2.21. The van der Waals surface area contributed by atoms with Crippen molar-refractivity contribution >= 4 is 0 Å². The largest absolute Gasteiger partial charge is 0.435 e. The van der Waals surface area contributed by atoms with Crippen LogP contribution in [0.25, 0.3) is 0 Å². The Labute approximate surface area is 134 Å². The molecule has 2 N–H and O–H groups in total. The summed E-state index contributed by atoms with van der Waals surface area (Å²) in [6, 6.07) is 14.5. The maximum Gasteiger partial charge on any atom is 0.387 e.